The number of carbonyl (C=O) groups is 1. The molecule has 0 saturated carbocycles. The van der Waals surface area contributed by atoms with Gasteiger partial charge in [-0.15, -0.1) is 11.3 Å². The summed E-state index contributed by atoms with van der Waals surface area (Å²) in [5, 5.41) is 5.49. The van der Waals surface area contributed by atoms with Gasteiger partial charge in [-0.25, -0.2) is 4.98 Å². The van der Waals surface area contributed by atoms with Crippen LogP contribution in [0.25, 0.3) is 21.3 Å². The van der Waals surface area contributed by atoms with Gasteiger partial charge in [-0.3, -0.25) is 9.59 Å². The van der Waals surface area contributed by atoms with Gasteiger partial charge < -0.3 is 10.3 Å². The second-order valence-electron chi connectivity index (χ2n) is 8.09. The van der Waals surface area contributed by atoms with Crippen molar-refractivity contribution < 1.29 is 4.79 Å². The molecule has 1 atom stereocenters. The molecule has 4 rings (SSSR count). The predicted octanol–water partition coefficient (Wildman–Crippen LogP) is 6.20. The van der Waals surface area contributed by atoms with E-state index in [4.69, 9.17) is 0 Å². The molecule has 0 saturated heterocycles. The van der Waals surface area contributed by atoms with Crippen LogP contribution in [0.15, 0.2) is 63.9 Å². The Bertz CT molecular complexity index is 1310. The quantitative estimate of drug-likeness (QED) is 0.264. The van der Waals surface area contributed by atoms with Crippen LogP contribution in [0.4, 0.5) is 5.69 Å². The molecule has 0 aliphatic rings. The van der Waals surface area contributed by atoms with E-state index in [0.717, 1.165) is 22.4 Å². The molecule has 5 nitrogen and oxygen atoms in total. The van der Waals surface area contributed by atoms with E-state index in [9.17, 15) is 9.59 Å². The Hall–Kier alpha value is -2.90. The summed E-state index contributed by atoms with van der Waals surface area (Å²) >= 11 is 2.68. The average Bonchev–Trinajstić information content (AvgIpc) is 3.20. The zero-order valence-electron chi connectivity index (χ0n) is 18.4. The number of fused-ring (bicyclic) bond motifs is 1. The monoisotopic (exact) mass is 463 g/mol. The molecule has 1 unspecified atom stereocenters. The molecular weight excluding hydrogens is 438 g/mol. The third-order valence-corrected chi connectivity index (χ3v) is 7.14. The van der Waals surface area contributed by atoms with Crippen molar-refractivity contribution in [1.82, 2.24) is 9.97 Å². The van der Waals surface area contributed by atoms with Crippen molar-refractivity contribution in [2.45, 2.75) is 44.0 Å². The summed E-state index contributed by atoms with van der Waals surface area (Å²) in [7, 11) is 0. The number of amides is 1. The normalized spacial score (nSPS) is 12.3. The summed E-state index contributed by atoms with van der Waals surface area (Å²) in [4.78, 5) is 33.6. The summed E-state index contributed by atoms with van der Waals surface area (Å²) in [5.41, 5.74) is 4.84. The number of aromatic amines is 1. The van der Waals surface area contributed by atoms with Crippen LogP contribution in [0.2, 0.25) is 0 Å². The van der Waals surface area contributed by atoms with Gasteiger partial charge in [-0.1, -0.05) is 67.6 Å². The van der Waals surface area contributed by atoms with Crippen LogP contribution in [0.1, 0.15) is 37.8 Å². The smallest absolute Gasteiger partial charge is 0.260 e. The number of aromatic nitrogens is 2. The van der Waals surface area contributed by atoms with E-state index >= 15 is 0 Å². The molecule has 0 radical (unpaired) electrons. The summed E-state index contributed by atoms with van der Waals surface area (Å²) in [5.74, 6) is 0.317. The Labute approximate surface area is 195 Å². The average molecular weight is 464 g/mol. The first kappa shape index (κ1) is 22.3. The van der Waals surface area contributed by atoms with Crippen LogP contribution in [-0.2, 0) is 4.79 Å². The van der Waals surface area contributed by atoms with E-state index in [1.54, 1.807) is 6.92 Å². The van der Waals surface area contributed by atoms with Gasteiger partial charge in [-0.2, -0.15) is 0 Å². The number of nitrogens with zero attached hydrogens (tertiary/aromatic N) is 1. The van der Waals surface area contributed by atoms with Crippen LogP contribution < -0.4 is 10.9 Å². The maximum atomic E-state index is 12.9. The van der Waals surface area contributed by atoms with Crippen molar-refractivity contribution in [2.24, 2.45) is 0 Å². The van der Waals surface area contributed by atoms with Crippen LogP contribution >= 0.6 is 23.1 Å². The van der Waals surface area contributed by atoms with E-state index in [1.807, 2.05) is 36.6 Å². The van der Waals surface area contributed by atoms with Gasteiger partial charge in [0.05, 0.1) is 10.6 Å². The Kier molecular flexibility index (Phi) is 6.48. The first-order chi connectivity index (χ1) is 15.3. The molecule has 164 valence electrons. The van der Waals surface area contributed by atoms with E-state index in [-0.39, 0.29) is 11.5 Å². The zero-order valence-corrected chi connectivity index (χ0v) is 20.1. The van der Waals surface area contributed by atoms with Gasteiger partial charge in [-0.05, 0) is 43.0 Å². The van der Waals surface area contributed by atoms with Crippen molar-refractivity contribution in [3.63, 3.8) is 0 Å². The molecule has 32 heavy (non-hydrogen) atoms. The highest BCUT2D eigenvalue weighted by Gasteiger charge is 2.19. The van der Waals surface area contributed by atoms with Crippen LogP contribution in [-0.4, -0.2) is 21.1 Å². The number of rotatable bonds is 6. The minimum absolute atomic E-state index is 0.140. The Morgan fingerprint density at radius 1 is 1.06 bits per heavy atom. The second kappa shape index (κ2) is 9.30. The summed E-state index contributed by atoms with van der Waals surface area (Å²) in [6, 6.07) is 16.0. The second-order valence-corrected chi connectivity index (χ2v) is 10.3. The van der Waals surface area contributed by atoms with Gasteiger partial charge >= 0.3 is 0 Å². The number of hydrogen-bond donors (Lipinski definition) is 2. The van der Waals surface area contributed by atoms with Crippen molar-refractivity contribution in [3.8, 4) is 11.1 Å². The standard InChI is InChI=1S/C25H25N3O2S2/c1-14(2)17-7-9-18(10-8-17)20-13-31-24-21(20)23(30)27-25(28-24)32-16(4)22(29)26-19-11-5-15(3)6-12-19/h5-14,16H,1-4H3,(H,26,29)(H,27,28,30). The predicted molar refractivity (Wildman–Crippen MR) is 135 cm³/mol. The van der Waals surface area contributed by atoms with Crippen LogP contribution in [0, 0.1) is 6.92 Å². The minimum atomic E-state index is -0.417. The maximum absolute atomic E-state index is 12.9. The number of hydrogen-bond acceptors (Lipinski definition) is 5. The number of benzene rings is 2. The Morgan fingerprint density at radius 2 is 1.75 bits per heavy atom. The molecule has 2 aromatic heterocycles. The fourth-order valence-electron chi connectivity index (χ4n) is 3.35. The van der Waals surface area contributed by atoms with E-state index in [1.165, 1.54) is 28.7 Å². The van der Waals surface area contributed by atoms with Crippen LogP contribution in [0.3, 0.4) is 0 Å². The largest absolute Gasteiger partial charge is 0.325 e. The first-order valence-corrected chi connectivity index (χ1v) is 12.2. The van der Waals surface area contributed by atoms with Crippen molar-refractivity contribution in [1.29, 1.82) is 0 Å². The summed E-state index contributed by atoms with van der Waals surface area (Å²) in [6.45, 7) is 8.11. The summed E-state index contributed by atoms with van der Waals surface area (Å²) < 4.78 is 0. The Morgan fingerprint density at radius 3 is 2.41 bits per heavy atom. The number of thioether (sulfide) groups is 1. The fraction of sp³-hybridized carbons (Fsp3) is 0.240. The molecule has 2 N–H and O–H groups in total. The molecule has 0 bridgehead atoms. The van der Waals surface area contributed by atoms with E-state index in [2.05, 4.69) is 53.4 Å². The number of nitrogens with one attached hydrogen (secondary N) is 2. The molecule has 2 heterocycles. The first-order valence-electron chi connectivity index (χ1n) is 10.5. The highest BCUT2D eigenvalue weighted by atomic mass is 32.2. The van der Waals surface area contributed by atoms with E-state index < -0.39 is 5.25 Å². The van der Waals surface area contributed by atoms with Crippen LogP contribution in [0.5, 0.6) is 0 Å². The molecule has 2 aromatic carbocycles. The van der Waals surface area contributed by atoms with Gasteiger partial charge in [0.1, 0.15) is 4.83 Å². The Balaban J connectivity index is 1.54. The molecule has 4 aromatic rings. The molecule has 0 spiro atoms. The third-order valence-electron chi connectivity index (χ3n) is 5.29. The van der Waals surface area contributed by atoms with Gasteiger partial charge in [0.15, 0.2) is 5.16 Å². The molecular formula is C25H25N3O2S2. The number of H-pyrrole nitrogens is 1. The number of aryl methyl sites for hydroxylation is 1. The molecule has 0 aliphatic carbocycles. The molecule has 1 amide bonds. The zero-order chi connectivity index (χ0) is 22.8. The topological polar surface area (TPSA) is 74.8 Å². The lowest BCUT2D eigenvalue weighted by atomic mass is 9.99. The number of carbonyl (C=O) groups excluding carboxylic acids is 1. The lowest BCUT2D eigenvalue weighted by molar-refractivity contribution is -0.115. The molecule has 0 aliphatic heterocycles. The molecule has 0 fully saturated rings. The lowest BCUT2D eigenvalue weighted by Gasteiger charge is -2.11. The minimum Gasteiger partial charge on any atom is -0.325 e. The lowest BCUT2D eigenvalue weighted by Crippen LogP contribution is -2.23. The van der Waals surface area contributed by atoms with Gasteiger partial charge in [0, 0.05) is 16.6 Å². The SMILES string of the molecule is Cc1ccc(NC(=O)C(C)Sc2nc3scc(-c4ccc(C(C)C)cc4)c3c(=O)[nH]2)cc1. The number of anilines is 1. The fourth-order valence-corrected chi connectivity index (χ4v) is 5.15. The van der Waals surface area contributed by atoms with Crippen molar-refractivity contribution >= 4 is 44.9 Å². The summed E-state index contributed by atoms with van der Waals surface area (Å²) in [6.07, 6.45) is 0. The highest BCUT2D eigenvalue weighted by Crippen LogP contribution is 2.33. The molecule has 7 heteroatoms. The third kappa shape index (κ3) is 4.79. The number of thiophene rings is 1. The maximum Gasteiger partial charge on any atom is 0.260 e. The highest BCUT2D eigenvalue weighted by molar-refractivity contribution is 8.00. The van der Waals surface area contributed by atoms with Crippen molar-refractivity contribution in [2.75, 3.05) is 5.32 Å². The van der Waals surface area contributed by atoms with Gasteiger partial charge in [0.25, 0.3) is 5.56 Å². The van der Waals surface area contributed by atoms with Crippen molar-refractivity contribution in [3.05, 3.63) is 75.4 Å². The van der Waals surface area contributed by atoms with Gasteiger partial charge in [0.2, 0.25) is 5.91 Å². The van der Waals surface area contributed by atoms with E-state index in [0.29, 0.717) is 21.3 Å².